The zero-order chi connectivity index (χ0) is 20.8. The average Bonchev–Trinajstić information content (AvgIpc) is 3.44. The van der Waals surface area contributed by atoms with Gasteiger partial charge in [0, 0.05) is 24.0 Å². The molecule has 4 rings (SSSR count). The van der Waals surface area contributed by atoms with Gasteiger partial charge in [0.25, 0.3) is 0 Å². The third kappa shape index (κ3) is 4.58. The van der Waals surface area contributed by atoms with Crippen molar-refractivity contribution >= 4 is 11.5 Å². The van der Waals surface area contributed by atoms with E-state index in [1.54, 1.807) is 18.5 Å². The number of benzene rings is 1. The first kappa shape index (κ1) is 19.1. The molecule has 0 fully saturated rings. The molecular formula is C21H18N6O3. The molecule has 3 heterocycles. The summed E-state index contributed by atoms with van der Waals surface area (Å²) in [5, 5.41) is 23.3. The van der Waals surface area contributed by atoms with Crippen LogP contribution in [-0.4, -0.2) is 41.1 Å². The van der Waals surface area contributed by atoms with Gasteiger partial charge in [-0.25, -0.2) is 0 Å². The number of carbonyl (C=O) groups excluding carboxylic acids is 1. The summed E-state index contributed by atoms with van der Waals surface area (Å²) in [6, 6.07) is 16.9. The molecule has 0 atom stereocenters. The Hall–Kier alpha value is -4.27. The number of para-hydroxylation sites is 1. The monoisotopic (exact) mass is 402 g/mol. The third-order valence-electron chi connectivity index (χ3n) is 4.30. The SMILES string of the molecule is O=C(C=C(O)c1cc(COc2ccccc2)n(Cc2ccccn2)c1)c1nn[nH]n1. The molecule has 0 amide bonds. The molecule has 0 saturated carbocycles. The number of aliphatic hydroxyl groups excluding tert-OH is 1. The van der Waals surface area contributed by atoms with Gasteiger partial charge in [0.1, 0.15) is 18.1 Å². The number of aliphatic hydroxyl groups is 1. The number of ketones is 1. The number of aromatic nitrogens is 6. The van der Waals surface area contributed by atoms with E-state index in [2.05, 4.69) is 25.6 Å². The number of tetrazole rings is 1. The zero-order valence-corrected chi connectivity index (χ0v) is 15.8. The highest BCUT2D eigenvalue weighted by atomic mass is 16.5. The number of aromatic amines is 1. The van der Waals surface area contributed by atoms with E-state index >= 15 is 0 Å². The van der Waals surface area contributed by atoms with Crippen LogP contribution in [0.2, 0.25) is 0 Å². The Morgan fingerprint density at radius 1 is 1.17 bits per heavy atom. The van der Waals surface area contributed by atoms with Crippen LogP contribution in [0.1, 0.15) is 27.6 Å². The average molecular weight is 402 g/mol. The Bertz CT molecular complexity index is 1140. The van der Waals surface area contributed by atoms with Gasteiger partial charge >= 0.3 is 0 Å². The molecule has 0 spiro atoms. The molecule has 4 aromatic rings. The first-order chi connectivity index (χ1) is 14.7. The lowest BCUT2D eigenvalue weighted by Crippen LogP contribution is -2.07. The number of hydrogen-bond donors (Lipinski definition) is 2. The Balaban J connectivity index is 1.60. The van der Waals surface area contributed by atoms with Crippen LogP contribution in [0.5, 0.6) is 5.75 Å². The lowest BCUT2D eigenvalue weighted by molar-refractivity contribution is 0.103. The van der Waals surface area contributed by atoms with Gasteiger partial charge in [0.15, 0.2) is 0 Å². The molecule has 9 heteroatoms. The standard InChI is InChI=1S/C21H18N6O3/c28-19(11-20(29)21-23-25-26-24-21)15-10-17(14-30-18-7-2-1-3-8-18)27(12-15)13-16-6-4-5-9-22-16/h1-12,28H,13-14H2,(H,23,24,25,26). The summed E-state index contributed by atoms with van der Waals surface area (Å²) in [5.41, 5.74) is 2.13. The van der Waals surface area contributed by atoms with Crippen LogP contribution < -0.4 is 4.74 Å². The quantitative estimate of drug-likeness (QED) is 0.264. The van der Waals surface area contributed by atoms with Crippen molar-refractivity contribution in [2.45, 2.75) is 13.2 Å². The molecule has 30 heavy (non-hydrogen) atoms. The molecule has 0 bridgehead atoms. The minimum absolute atomic E-state index is 0.123. The number of pyridine rings is 1. The van der Waals surface area contributed by atoms with Crippen molar-refractivity contribution in [1.29, 1.82) is 0 Å². The summed E-state index contributed by atoms with van der Waals surface area (Å²) in [7, 11) is 0. The third-order valence-corrected chi connectivity index (χ3v) is 4.30. The van der Waals surface area contributed by atoms with Crippen LogP contribution in [0, 0.1) is 0 Å². The normalized spacial score (nSPS) is 11.4. The van der Waals surface area contributed by atoms with Crippen molar-refractivity contribution in [2.24, 2.45) is 0 Å². The van der Waals surface area contributed by atoms with E-state index in [0.29, 0.717) is 12.1 Å². The minimum Gasteiger partial charge on any atom is -0.507 e. The molecule has 1 aromatic carbocycles. The smallest absolute Gasteiger partial charge is 0.244 e. The summed E-state index contributed by atoms with van der Waals surface area (Å²) in [6.07, 6.45) is 4.53. The van der Waals surface area contributed by atoms with Crippen molar-refractivity contribution in [1.82, 2.24) is 30.2 Å². The Morgan fingerprint density at radius 2 is 2.00 bits per heavy atom. The predicted octanol–water partition coefficient (Wildman–Crippen LogP) is 2.81. The fourth-order valence-electron chi connectivity index (χ4n) is 2.84. The lowest BCUT2D eigenvalue weighted by atomic mass is 10.2. The van der Waals surface area contributed by atoms with Gasteiger partial charge in [0.2, 0.25) is 11.6 Å². The Labute approximate surface area is 171 Å². The summed E-state index contributed by atoms with van der Waals surface area (Å²) in [4.78, 5) is 16.5. The number of H-pyrrole nitrogens is 1. The number of nitrogens with zero attached hydrogens (tertiary/aromatic N) is 5. The maximum absolute atomic E-state index is 12.1. The van der Waals surface area contributed by atoms with Gasteiger partial charge in [-0.1, -0.05) is 24.3 Å². The van der Waals surface area contributed by atoms with Gasteiger partial charge in [-0.3, -0.25) is 9.78 Å². The van der Waals surface area contributed by atoms with Gasteiger partial charge in [-0.05, 0) is 35.5 Å². The number of allylic oxidation sites excluding steroid dienone is 1. The van der Waals surface area contributed by atoms with Gasteiger partial charge < -0.3 is 14.4 Å². The minimum atomic E-state index is -0.555. The molecule has 0 aliphatic rings. The van der Waals surface area contributed by atoms with Crippen LogP contribution >= 0.6 is 0 Å². The van der Waals surface area contributed by atoms with Crippen molar-refractivity contribution in [3.05, 3.63) is 95.8 Å². The van der Waals surface area contributed by atoms with E-state index in [9.17, 15) is 9.90 Å². The molecular weight excluding hydrogens is 384 g/mol. The van der Waals surface area contributed by atoms with Crippen molar-refractivity contribution < 1.29 is 14.6 Å². The number of carbonyl (C=O) groups is 1. The van der Waals surface area contributed by atoms with Crippen molar-refractivity contribution in [3.8, 4) is 5.75 Å². The largest absolute Gasteiger partial charge is 0.507 e. The van der Waals surface area contributed by atoms with E-state index in [4.69, 9.17) is 4.74 Å². The molecule has 0 saturated heterocycles. The van der Waals surface area contributed by atoms with Crippen LogP contribution in [0.25, 0.3) is 5.76 Å². The molecule has 9 nitrogen and oxygen atoms in total. The van der Waals surface area contributed by atoms with E-state index in [1.165, 1.54) is 0 Å². The summed E-state index contributed by atoms with van der Waals surface area (Å²) in [6.45, 7) is 0.767. The van der Waals surface area contributed by atoms with Crippen LogP contribution in [0.3, 0.4) is 0 Å². The molecule has 0 radical (unpaired) electrons. The molecule has 0 aliphatic heterocycles. The second-order valence-corrected chi connectivity index (χ2v) is 6.40. The topological polar surface area (TPSA) is 119 Å². The highest BCUT2D eigenvalue weighted by Gasteiger charge is 2.14. The molecule has 150 valence electrons. The molecule has 2 N–H and O–H groups in total. The number of ether oxygens (including phenoxy) is 1. The highest BCUT2D eigenvalue weighted by Crippen LogP contribution is 2.20. The van der Waals surface area contributed by atoms with Crippen molar-refractivity contribution in [3.63, 3.8) is 0 Å². The second-order valence-electron chi connectivity index (χ2n) is 6.40. The number of nitrogens with one attached hydrogen (secondary N) is 1. The van der Waals surface area contributed by atoms with Crippen molar-refractivity contribution in [2.75, 3.05) is 0 Å². The van der Waals surface area contributed by atoms with Crippen LogP contribution in [-0.2, 0) is 13.2 Å². The van der Waals surface area contributed by atoms with E-state index < -0.39 is 5.78 Å². The van der Waals surface area contributed by atoms with Crippen LogP contribution in [0.15, 0.2) is 73.1 Å². The summed E-state index contributed by atoms with van der Waals surface area (Å²) < 4.78 is 7.78. The van der Waals surface area contributed by atoms with Gasteiger partial charge in [-0.15, -0.1) is 10.2 Å². The zero-order valence-electron chi connectivity index (χ0n) is 15.8. The van der Waals surface area contributed by atoms with Gasteiger partial charge in [0.05, 0.1) is 17.9 Å². The predicted molar refractivity (Wildman–Crippen MR) is 108 cm³/mol. The second kappa shape index (κ2) is 8.82. The molecule has 0 unspecified atom stereocenters. The van der Waals surface area contributed by atoms with Crippen LogP contribution in [0.4, 0.5) is 0 Å². The lowest BCUT2D eigenvalue weighted by Gasteiger charge is -2.10. The maximum Gasteiger partial charge on any atom is 0.244 e. The first-order valence-corrected chi connectivity index (χ1v) is 9.14. The van der Waals surface area contributed by atoms with E-state index in [1.807, 2.05) is 53.1 Å². The first-order valence-electron chi connectivity index (χ1n) is 9.14. The highest BCUT2D eigenvalue weighted by molar-refractivity contribution is 6.05. The Morgan fingerprint density at radius 3 is 2.73 bits per heavy atom. The molecule has 3 aromatic heterocycles. The van der Waals surface area contributed by atoms with Gasteiger partial charge in [-0.2, -0.15) is 5.21 Å². The number of hydrogen-bond acceptors (Lipinski definition) is 7. The number of rotatable bonds is 8. The fraction of sp³-hybridized carbons (Fsp3) is 0.0952. The van der Waals surface area contributed by atoms with E-state index in [-0.39, 0.29) is 18.2 Å². The molecule has 0 aliphatic carbocycles. The fourth-order valence-corrected chi connectivity index (χ4v) is 2.84. The maximum atomic E-state index is 12.1. The summed E-state index contributed by atoms with van der Waals surface area (Å²) in [5.74, 6) is -0.148. The van der Waals surface area contributed by atoms with E-state index in [0.717, 1.165) is 23.2 Å². The Kier molecular flexibility index (Phi) is 5.61. The summed E-state index contributed by atoms with van der Waals surface area (Å²) >= 11 is 0.